The van der Waals surface area contributed by atoms with Crippen LogP contribution in [0.15, 0.2) is 18.2 Å². The van der Waals surface area contributed by atoms with Crippen molar-refractivity contribution in [1.82, 2.24) is 0 Å². The maximum Gasteiger partial charge on any atom is 0.165 e. The van der Waals surface area contributed by atoms with Crippen molar-refractivity contribution in [3.63, 3.8) is 0 Å². The molecule has 1 aromatic carbocycles. The first kappa shape index (κ1) is 14.4. The number of hydrogen-bond donors (Lipinski definition) is 0. The molecule has 1 aromatic rings. The van der Waals surface area contributed by atoms with E-state index in [2.05, 4.69) is 35.8 Å². The van der Waals surface area contributed by atoms with Gasteiger partial charge in [0.2, 0.25) is 0 Å². The average molecular weight is 301 g/mol. The van der Waals surface area contributed by atoms with Gasteiger partial charge in [-0.3, -0.25) is 0 Å². The average Bonchev–Trinajstić information content (AvgIpc) is 2.32. The van der Waals surface area contributed by atoms with Gasteiger partial charge in [-0.1, -0.05) is 41.4 Å². The fourth-order valence-electron chi connectivity index (χ4n) is 1.74. The van der Waals surface area contributed by atoms with E-state index < -0.39 is 0 Å². The molecular weight excluding hydrogens is 280 g/mol. The molecular formula is C14H21BrO2. The number of halogens is 1. The molecule has 0 aromatic heterocycles. The first-order chi connectivity index (χ1) is 8.22. The maximum atomic E-state index is 6.01. The number of alkyl halides is 1. The molecule has 1 atom stereocenters. The normalized spacial score (nSPS) is 12.2. The Morgan fingerprint density at radius 2 is 2.06 bits per heavy atom. The molecule has 0 radical (unpaired) electrons. The van der Waals surface area contributed by atoms with Crippen molar-refractivity contribution >= 4 is 15.9 Å². The molecule has 0 bridgehead atoms. The monoisotopic (exact) mass is 300 g/mol. The SMILES string of the molecule is CCCC(C)Oc1c(CBr)cccc1OCC. The van der Waals surface area contributed by atoms with Crippen molar-refractivity contribution in [2.24, 2.45) is 0 Å². The molecule has 2 nitrogen and oxygen atoms in total. The molecule has 0 aliphatic heterocycles. The quantitative estimate of drug-likeness (QED) is 0.688. The van der Waals surface area contributed by atoms with E-state index in [-0.39, 0.29) is 6.10 Å². The number of benzene rings is 1. The Morgan fingerprint density at radius 1 is 1.29 bits per heavy atom. The second-order valence-electron chi connectivity index (χ2n) is 4.03. The van der Waals surface area contributed by atoms with Crippen molar-refractivity contribution in [2.75, 3.05) is 6.61 Å². The number of para-hydroxylation sites is 1. The van der Waals surface area contributed by atoms with Gasteiger partial charge in [0.1, 0.15) is 0 Å². The van der Waals surface area contributed by atoms with Crippen LogP contribution in [0.3, 0.4) is 0 Å². The van der Waals surface area contributed by atoms with E-state index in [1.165, 1.54) is 0 Å². The Hall–Kier alpha value is -0.700. The third-order valence-electron chi connectivity index (χ3n) is 2.52. The molecule has 0 amide bonds. The van der Waals surface area contributed by atoms with Crippen molar-refractivity contribution in [1.29, 1.82) is 0 Å². The molecule has 0 N–H and O–H groups in total. The fourth-order valence-corrected chi connectivity index (χ4v) is 2.18. The van der Waals surface area contributed by atoms with Crippen molar-refractivity contribution in [2.45, 2.75) is 45.0 Å². The van der Waals surface area contributed by atoms with Crippen LogP contribution in [0, 0.1) is 0 Å². The predicted octanol–water partition coefficient (Wildman–Crippen LogP) is 4.55. The van der Waals surface area contributed by atoms with Crippen molar-refractivity contribution in [3.8, 4) is 11.5 Å². The van der Waals surface area contributed by atoms with Crippen LogP contribution in [-0.2, 0) is 5.33 Å². The highest BCUT2D eigenvalue weighted by molar-refractivity contribution is 9.08. The van der Waals surface area contributed by atoms with E-state index in [4.69, 9.17) is 9.47 Å². The Balaban J connectivity index is 2.91. The number of rotatable bonds is 7. The zero-order valence-electron chi connectivity index (χ0n) is 10.8. The lowest BCUT2D eigenvalue weighted by atomic mass is 10.2. The summed E-state index contributed by atoms with van der Waals surface area (Å²) in [6, 6.07) is 6.02. The van der Waals surface area contributed by atoms with Crippen LogP contribution < -0.4 is 9.47 Å². The fraction of sp³-hybridized carbons (Fsp3) is 0.571. The molecule has 0 heterocycles. The van der Waals surface area contributed by atoms with Crippen LogP contribution in [0.25, 0.3) is 0 Å². The van der Waals surface area contributed by atoms with E-state index in [9.17, 15) is 0 Å². The first-order valence-electron chi connectivity index (χ1n) is 6.20. The summed E-state index contributed by atoms with van der Waals surface area (Å²) < 4.78 is 11.6. The van der Waals surface area contributed by atoms with Crippen LogP contribution in [0.2, 0.25) is 0 Å². The third-order valence-corrected chi connectivity index (χ3v) is 3.12. The second kappa shape index (κ2) is 7.59. The zero-order chi connectivity index (χ0) is 12.7. The van der Waals surface area contributed by atoms with Gasteiger partial charge in [0.05, 0.1) is 12.7 Å². The summed E-state index contributed by atoms with van der Waals surface area (Å²) in [5.74, 6) is 1.72. The molecule has 0 fully saturated rings. The Morgan fingerprint density at radius 3 is 2.65 bits per heavy atom. The lowest BCUT2D eigenvalue weighted by Gasteiger charge is -2.19. The van der Waals surface area contributed by atoms with E-state index in [1.807, 2.05) is 19.1 Å². The molecule has 1 unspecified atom stereocenters. The summed E-state index contributed by atoms with van der Waals surface area (Å²) >= 11 is 3.49. The number of hydrogen-bond acceptors (Lipinski definition) is 2. The molecule has 96 valence electrons. The van der Waals surface area contributed by atoms with Gasteiger partial charge in [-0.2, -0.15) is 0 Å². The lowest BCUT2D eigenvalue weighted by Crippen LogP contribution is -2.13. The van der Waals surface area contributed by atoms with E-state index >= 15 is 0 Å². The molecule has 3 heteroatoms. The van der Waals surface area contributed by atoms with E-state index in [0.29, 0.717) is 6.61 Å². The highest BCUT2D eigenvalue weighted by atomic mass is 79.9. The van der Waals surface area contributed by atoms with Crippen LogP contribution in [0.4, 0.5) is 0 Å². The van der Waals surface area contributed by atoms with Gasteiger partial charge < -0.3 is 9.47 Å². The first-order valence-corrected chi connectivity index (χ1v) is 7.32. The smallest absolute Gasteiger partial charge is 0.165 e. The van der Waals surface area contributed by atoms with Gasteiger partial charge in [-0.05, 0) is 26.3 Å². The molecule has 0 saturated heterocycles. The van der Waals surface area contributed by atoms with Gasteiger partial charge in [0.15, 0.2) is 11.5 Å². The molecule has 17 heavy (non-hydrogen) atoms. The van der Waals surface area contributed by atoms with Crippen LogP contribution >= 0.6 is 15.9 Å². The van der Waals surface area contributed by atoms with E-state index in [1.54, 1.807) is 0 Å². The topological polar surface area (TPSA) is 18.5 Å². The summed E-state index contributed by atoms with van der Waals surface area (Å²) in [6.07, 6.45) is 2.41. The van der Waals surface area contributed by atoms with Gasteiger partial charge in [0.25, 0.3) is 0 Å². The van der Waals surface area contributed by atoms with Crippen LogP contribution in [-0.4, -0.2) is 12.7 Å². The van der Waals surface area contributed by atoms with Gasteiger partial charge >= 0.3 is 0 Å². The molecule has 1 rings (SSSR count). The standard InChI is InChI=1S/C14H21BrO2/c1-4-7-11(3)17-14-12(10-15)8-6-9-13(14)16-5-2/h6,8-9,11H,4-5,7,10H2,1-3H3. The third kappa shape index (κ3) is 4.23. The number of ether oxygens (including phenoxy) is 2. The van der Waals surface area contributed by atoms with Gasteiger partial charge in [0, 0.05) is 10.9 Å². The molecule has 0 spiro atoms. The molecule has 0 aliphatic carbocycles. The van der Waals surface area contributed by atoms with E-state index in [0.717, 1.165) is 35.2 Å². The summed E-state index contributed by atoms with van der Waals surface area (Å²) in [5.41, 5.74) is 1.14. The van der Waals surface area contributed by atoms with Crippen molar-refractivity contribution < 1.29 is 9.47 Å². The summed E-state index contributed by atoms with van der Waals surface area (Å²) in [4.78, 5) is 0. The zero-order valence-corrected chi connectivity index (χ0v) is 12.4. The van der Waals surface area contributed by atoms with Gasteiger partial charge in [-0.15, -0.1) is 0 Å². The minimum Gasteiger partial charge on any atom is -0.490 e. The summed E-state index contributed by atoms with van der Waals surface area (Å²) in [7, 11) is 0. The Bertz CT molecular complexity index is 339. The highest BCUT2D eigenvalue weighted by Crippen LogP contribution is 2.33. The minimum absolute atomic E-state index is 0.222. The van der Waals surface area contributed by atoms with Crippen LogP contribution in [0.1, 0.15) is 39.2 Å². The highest BCUT2D eigenvalue weighted by Gasteiger charge is 2.13. The Kier molecular flexibility index (Phi) is 6.41. The second-order valence-corrected chi connectivity index (χ2v) is 4.59. The van der Waals surface area contributed by atoms with Gasteiger partial charge in [-0.25, -0.2) is 0 Å². The Labute approximate surface area is 112 Å². The van der Waals surface area contributed by atoms with Crippen LogP contribution in [0.5, 0.6) is 11.5 Å². The predicted molar refractivity (Wildman–Crippen MR) is 75.2 cm³/mol. The largest absolute Gasteiger partial charge is 0.490 e. The minimum atomic E-state index is 0.222. The molecule has 0 saturated carbocycles. The summed E-state index contributed by atoms with van der Waals surface area (Å²) in [5, 5.41) is 0.780. The maximum absolute atomic E-state index is 6.01. The summed E-state index contributed by atoms with van der Waals surface area (Å²) in [6.45, 7) is 6.91. The lowest BCUT2D eigenvalue weighted by molar-refractivity contribution is 0.195. The van der Waals surface area contributed by atoms with Crippen molar-refractivity contribution in [3.05, 3.63) is 23.8 Å². The molecule has 0 aliphatic rings.